The van der Waals surface area contributed by atoms with Crippen molar-refractivity contribution in [3.05, 3.63) is 77.9 Å². The molecular formula is C26H31N3O6S2. The number of methoxy groups -OCH3 is 1. The van der Waals surface area contributed by atoms with E-state index in [9.17, 15) is 21.6 Å². The number of sulfonamides is 2. The Morgan fingerprint density at radius 2 is 1.49 bits per heavy atom. The van der Waals surface area contributed by atoms with Crippen LogP contribution in [0.2, 0.25) is 0 Å². The fourth-order valence-corrected chi connectivity index (χ4v) is 6.43. The highest BCUT2D eigenvalue weighted by atomic mass is 32.2. The van der Waals surface area contributed by atoms with Gasteiger partial charge in [0, 0.05) is 25.7 Å². The summed E-state index contributed by atoms with van der Waals surface area (Å²) in [7, 11) is -4.87. The molecule has 0 saturated carbocycles. The maximum Gasteiger partial charge on any atom is 0.264 e. The van der Waals surface area contributed by atoms with Crippen molar-refractivity contribution in [1.82, 2.24) is 4.31 Å². The van der Waals surface area contributed by atoms with Gasteiger partial charge in [0.1, 0.15) is 5.75 Å². The highest BCUT2D eigenvalue weighted by Gasteiger charge is 2.25. The van der Waals surface area contributed by atoms with Gasteiger partial charge in [-0.2, -0.15) is 4.31 Å². The minimum absolute atomic E-state index is 0.00310. The quantitative estimate of drug-likeness (QED) is 0.410. The van der Waals surface area contributed by atoms with Crippen molar-refractivity contribution < 1.29 is 26.4 Å². The normalized spacial score (nSPS) is 11.8. The van der Waals surface area contributed by atoms with Crippen LogP contribution in [-0.2, 0) is 20.0 Å². The van der Waals surface area contributed by atoms with Gasteiger partial charge in [0.2, 0.25) is 10.0 Å². The number of carbonyl (C=O) groups excluding carboxylic acids is 1. The van der Waals surface area contributed by atoms with Crippen LogP contribution in [0.25, 0.3) is 0 Å². The molecule has 11 heteroatoms. The minimum Gasteiger partial charge on any atom is -0.495 e. The zero-order chi connectivity index (χ0) is 27.4. The third-order valence-corrected chi connectivity index (χ3v) is 9.74. The zero-order valence-electron chi connectivity index (χ0n) is 21.4. The summed E-state index contributed by atoms with van der Waals surface area (Å²) in [6.45, 7) is 5.98. The van der Waals surface area contributed by atoms with Crippen LogP contribution < -0.4 is 14.4 Å². The molecule has 0 spiro atoms. The van der Waals surface area contributed by atoms with E-state index in [1.54, 1.807) is 26.0 Å². The average Bonchev–Trinajstić information content (AvgIpc) is 2.89. The van der Waals surface area contributed by atoms with E-state index < -0.39 is 26.0 Å². The minimum atomic E-state index is -3.94. The Kier molecular flexibility index (Phi) is 8.62. The second kappa shape index (κ2) is 11.3. The fourth-order valence-electron chi connectivity index (χ4n) is 3.70. The molecule has 0 unspecified atom stereocenters. The van der Waals surface area contributed by atoms with Gasteiger partial charge in [0.05, 0.1) is 28.3 Å². The van der Waals surface area contributed by atoms with Crippen LogP contribution in [0.1, 0.15) is 29.8 Å². The van der Waals surface area contributed by atoms with Gasteiger partial charge in [-0.3, -0.25) is 9.10 Å². The van der Waals surface area contributed by atoms with Crippen molar-refractivity contribution in [2.75, 3.05) is 36.9 Å². The molecule has 0 bridgehead atoms. The lowest BCUT2D eigenvalue weighted by molar-refractivity contribution is 0.102. The Balaban J connectivity index is 1.93. The summed E-state index contributed by atoms with van der Waals surface area (Å²) in [5.74, 6) is -0.361. The summed E-state index contributed by atoms with van der Waals surface area (Å²) in [5, 5.41) is 2.66. The number of aryl methyl sites for hydroxylation is 1. The first-order chi connectivity index (χ1) is 17.4. The van der Waals surface area contributed by atoms with Crippen LogP contribution in [0.3, 0.4) is 0 Å². The summed E-state index contributed by atoms with van der Waals surface area (Å²) in [6.07, 6.45) is 0. The second-order valence-corrected chi connectivity index (χ2v) is 12.1. The lowest BCUT2D eigenvalue weighted by Gasteiger charge is -2.20. The van der Waals surface area contributed by atoms with Gasteiger partial charge >= 0.3 is 0 Å². The maximum atomic E-state index is 13.2. The Morgan fingerprint density at radius 3 is 2.08 bits per heavy atom. The molecule has 0 aromatic heterocycles. The van der Waals surface area contributed by atoms with Crippen molar-refractivity contribution in [2.24, 2.45) is 0 Å². The van der Waals surface area contributed by atoms with E-state index in [1.807, 2.05) is 19.1 Å². The predicted molar refractivity (Wildman–Crippen MR) is 144 cm³/mol. The summed E-state index contributed by atoms with van der Waals surface area (Å²) in [5.41, 5.74) is 1.71. The molecule has 198 valence electrons. The van der Waals surface area contributed by atoms with E-state index in [0.29, 0.717) is 18.8 Å². The van der Waals surface area contributed by atoms with Gasteiger partial charge in [0.15, 0.2) is 0 Å². The molecule has 0 saturated heterocycles. The van der Waals surface area contributed by atoms with Gasteiger partial charge in [0.25, 0.3) is 15.9 Å². The lowest BCUT2D eigenvalue weighted by atomic mass is 10.2. The summed E-state index contributed by atoms with van der Waals surface area (Å²) >= 11 is 0. The van der Waals surface area contributed by atoms with E-state index >= 15 is 0 Å². The van der Waals surface area contributed by atoms with Crippen LogP contribution in [0.4, 0.5) is 11.4 Å². The van der Waals surface area contributed by atoms with Crippen LogP contribution in [-0.4, -0.2) is 54.3 Å². The van der Waals surface area contributed by atoms with Gasteiger partial charge in [-0.1, -0.05) is 37.6 Å². The van der Waals surface area contributed by atoms with E-state index in [2.05, 4.69) is 5.32 Å². The lowest BCUT2D eigenvalue weighted by Crippen LogP contribution is -2.30. The van der Waals surface area contributed by atoms with Gasteiger partial charge in [-0.15, -0.1) is 0 Å². The molecule has 1 amide bonds. The van der Waals surface area contributed by atoms with Crippen molar-refractivity contribution in [3.63, 3.8) is 0 Å². The van der Waals surface area contributed by atoms with Gasteiger partial charge in [-0.25, -0.2) is 16.8 Å². The SMILES string of the molecule is CCN(CC)S(=O)(=O)c1ccc(OC)c(NC(=O)c2cccc(S(=O)(=O)N(C)c3ccc(C)cc3)c2)c1. The topological polar surface area (TPSA) is 113 Å². The molecule has 37 heavy (non-hydrogen) atoms. The number of amides is 1. The second-order valence-electron chi connectivity index (χ2n) is 8.24. The number of ether oxygens (including phenoxy) is 1. The number of carbonyl (C=O) groups is 1. The zero-order valence-corrected chi connectivity index (χ0v) is 23.1. The molecule has 0 heterocycles. The maximum absolute atomic E-state index is 13.2. The van der Waals surface area contributed by atoms with E-state index in [-0.39, 0.29) is 26.8 Å². The third kappa shape index (κ3) is 5.95. The monoisotopic (exact) mass is 545 g/mol. The Labute approximate surface area is 218 Å². The van der Waals surface area contributed by atoms with Crippen molar-refractivity contribution in [3.8, 4) is 5.75 Å². The van der Waals surface area contributed by atoms with Crippen LogP contribution in [0.5, 0.6) is 5.75 Å². The van der Waals surface area contributed by atoms with E-state index in [4.69, 9.17) is 4.74 Å². The summed E-state index contributed by atoms with van der Waals surface area (Å²) in [4.78, 5) is 13.1. The molecule has 0 aliphatic carbocycles. The molecule has 9 nitrogen and oxygen atoms in total. The van der Waals surface area contributed by atoms with Crippen LogP contribution >= 0.6 is 0 Å². The Bertz CT molecular complexity index is 1480. The molecule has 0 fully saturated rings. The molecule has 0 aliphatic rings. The molecule has 3 aromatic rings. The largest absolute Gasteiger partial charge is 0.495 e. The third-order valence-electron chi connectivity index (χ3n) is 5.91. The summed E-state index contributed by atoms with van der Waals surface area (Å²) in [6, 6.07) is 16.9. The molecule has 0 atom stereocenters. The number of hydrogen-bond donors (Lipinski definition) is 1. The van der Waals surface area contributed by atoms with Gasteiger partial charge < -0.3 is 10.1 Å². The molecule has 0 radical (unpaired) electrons. The Hall–Kier alpha value is -3.41. The van der Waals surface area contributed by atoms with Crippen molar-refractivity contribution in [1.29, 1.82) is 0 Å². The number of hydrogen-bond acceptors (Lipinski definition) is 6. The average molecular weight is 546 g/mol. The molecule has 0 aliphatic heterocycles. The van der Waals surface area contributed by atoms with Gasteiger partial charge in [-0.05, 0) is 55.5 Å². The first-order valence-corrected chi connectivity index (χ1v) is 14.5. The molecular weight excluding hydrogens is 514 g/mol. The molecule has 3 rings (SSSR count). The first-order valence-electron chi connectivity index (χ1n) is 11.6. The highest BCUT2D eigenvalue weighted by Crippen LogP contribution is 2.30. The first kappa shape index (κ1) is 28.2. The standard InChI is InChI=1S/C26H31N3O6S2/c1-6-29(7-2)37(33,34)23-15-16-25(35-5)24(18-23)27-26(30)20-9-8-10-22(17-20)36(31,32)28(4)21-13-11-19(3)12-14-21/h8-18H,6-7H2,1-5H3,(H,27,30). The van der Waals surface area contributed by atoms with E-state index in [0.717, 1.165) is 9.87 Å². The fraction of sp³-hybridized carbons (Fsp3) is 0.269. The molecule has 1 N–H and O–H groups in total. The number of nitrogens with one attached hydrogen (secondary N) is 1. The van der Waals surface area contributed by atoms with Crippen molar-refractivity contribution >= 4 is 37.3 Å². The highest BCUT2D eigenvalue weighted by molar-refractivity contribution is 7.92. The van der Waals surface area contributed by atoms with Crippen molar-refractivity contribution in [2.45, 2.75) is 30.6 Å². The Morgan fingerprint density at radius 1 is 0.865 bits per heavy atom. The number of benzene rings is 3. The van der Waals surface area contributed by atoms with Crippen LogP contribution in [0, 0.1) is 6.92 Å². The summed E-state index contributed by atoms with van der Waals surface area (Å²) < 4.78 is 60.1. The predicted octanol–water partition coefficient (Wildman–Crippen LogP) is 4.11. The number of nitrogens with zero attached hydrogens (tertiary/aromatic N) is 2. The van der Waals surface area contributed by atoms with Crippen LogP contribution in [0.15, 0.2) is 76.5 Å². The number of rotatable bonds is 10. The number of anilines is 2. The molecule has 3 aromatic carbocycles. The smallest absolute Gasteiger partial charge is 0.264 e. The van der Waals surface area contributed by atoms with E-state index in [1.165, 1.54) is 60.9 Å².